The summed E-state index contributed by atoms with van der Waals surface area (Å²) in [5.74, 6) is -2.14. The Morgan fingerprint density at radius 3 is 2.48 bits per heavy atom. The number of hydrogen-bond acceptors (Lipinski definition) is 7. The van der Waals surface area contributed by atoms with Gasteiger partial charge in [0.1, 0.15) is 10.9 Å². The number of esters is 2. The standard InChI is InChI=1S/C20H22N2O4S/c1-5-25-19(23)15-11(3)21-12(4)16(20(24)26-6-2)17(15)18-22-13-9-7-8-10-14(13)27-18/h7-10,15,17H,5-6H2,1-4H3/t15-,17-/m0/s1. The molecule has 0 saturated carbocycles. The van der Waals surface area contributed by atoms with Gasteiger partial charge in [-0.25, -0.2) is 9.78 Å². The van der Waals surface area contributed by atoms with Crippen molar-refractivity contribution in [1.82, 2.24) is 4.98 Å². The number of rotatable bonds is 5. The van der Waals surface area contributed by atoms with Crippen LogP contribution in [0.4, 0.5) is 0 Å². The van der Waals surface area contributed by atoms with Crippen LogP contribution in [0.25, 0.3) is 10.2 Å². The van der Waals surface area contributed by atoms with Crippen molar-refractivity contribution >= 4 is 39.2 Å². The Kier molecular flexibility index (Phi) is 5.70. The van der Waals surface area contributed by atoms with Crippen molar-refractivity contribution in [2.24, 2.45) is 10.9 Å². The van der Waals surface area contributed by atoms with Crippen molar-refractivity contribution in [2.75, 3.05) is 13.2 Å². The second-order valence-corrected chi connectivity index (χ2v) is 7.26. The summed E-state index contributed by atoms with van der Waals surface area (Å²) in [6.07, 6.45) is 0. The van der Waals surface area contributed by atoms with Crippen LogP contribution in [0.2, 0.25) is 0 Å². The highest BCUT2D eigenvalue weighted by molar-refractivity contribution is 7.18. The molecule has 1 aromatic heterocycles. The molecule has 0 spiro atoms. The first-order chi connectivity index (χ1) is 13.0. The maximum atomic E-state index is 12.7. The molecular formula is C20H22N2O4S. The van der Waals surface area contributed by atoms with Crippen LogP contribution in [0, 0.1) is 5.92 Å². The van der Waals surface area contributed by atoms with E-state index in [1.165, 1.54) is 11.3 Å². The van der Waals surface area contributed by atoms with Gasteiger partial charge in [0.15, 0.2) is 0 Å². The number of fused-ring (bicyclic) bond motifs is 1. The van der Waals surface area contributed by atoms with Gasteiger partial charge in [-0.2, -0.15) is 0 Å². The zero-order valence-corrected chi connectivity index (χ0v) is 16.6. The van der Waals surface area contributed by atoms with Gasteiger partial charge in [0.05, 0.1) is 34.9 Å². The van der Waals surface area contributed by atoms with E-state index in [1.54, 1.807) is 27.7 Å². The number of aromatic nitrogens is 1. The molecule has 27 heavy (non-hydrogen) atoms. The molecule has 1 aromatic carbocycles. The highest BCUT2D eigenvalue weighted by atomic mass is 32.1. The van der Waals surface area contributed by atoms with Gasteiger partial charge in [-0.1, -0.05) is 12.1 Å². The summed E-state index contributed by atoms with van der Waals surface area (Å²) < 4.78 is 11.5. The number of carbonyl (C=O) groups is 2. The van der Waals surface area contributed by atoms with Crippen molar-refractivity contribution < 1.29 is 19.1 Å². The fourth-order valence-electron chi connectivity index (χ4n) is 3.34. The lowest BCUT2D eigenvalue weighted by Gasteiger charge is -2.29. The van der Waals surface area contributed by atoms with Crippen LogP contribution < -0.4 is 0 Å². The summed E-state index contributed by atoms with van der Waals surface area (Å²) in [5, 5.41) is 0.686. The van der Waals surface area contributed by atoms with Gasteiger partial charge in [0, 0.05) is 11.4 Å². The zero-order valence-electron chi connectivity index (χ0n) is 15.8. The van der Waals surface area contributed by atoms with Gasteiger partial charge in [-0.05, 0) is 39.8 Å². The molecule has 0 unspecified atom stereocenters. The number of allylic oxidation sites excluding steroid dienone is 1. The Morgan fingerprint density at radius 1 is 1.11 bits per heavy atom. The van der Waals surface area contributed by atoms with E-state index in [1.807, 2.05) is 24.3 Å². The molecule has 0 saturated heterocycles. The Morgan fingerprint density at radius 2 is 1.81 bits per heavy atom. The molecule has 0 N–H and O–H groups in total. The Bertz CT molecular complexity index is 911. The van der Waals surface area contributed by atoms with E-state index in [4.69, 9.17) is 14.5 Å². The van der Waals surface area contributed by atoms with E-state index in [2.05, 4.69) is 4.99 Å². The lowest BCUT2D eigenvalue weighted by atomic mass is 9.80. The number of para-hydroxylation sites is 1. The molecule has 2 atom stereocenters. The second-order valence-electron chi connectivity index (χ2n) is 6.20. The molecule has 6 nitrogen and oxygen atoms in total. The third-order valence-electron chi connectivity index (χ3n) is 4.44. The Hall–Kier alpha value is -2.54. The highest BCUT2D eigenvalue weighted by Gasteiger charge is 2.44. The van der Waals surface area contributed by atoms with Crippen molar-refractivity contribution in [3.05, 3.63) is 40.5 Å². The first-order valence-electron chi connectivity index (χ1n) is 8.93. The van der Waals surface area contributed by atoms with Crippen LogP contribution in [0.1, 0.15) is 38.6 Å². The van der Waals surface area contributed by atoms with E-state index in [9.17, 15) is 9.59 Å². The molecule has 2 aromatic rings. The number of thiazole rings is 1. The van der Waals surface area contributed by atoms with Crippen LogP contribution in [0.5, 0.6) is 0 Å². The summed E-state index contributed by atoms with van der Waals surface area (Å²) in [6.45, 7) is 7.56. The zero-order chi connectivity index (χ0) is 19.6. The van der Waals surface area contributed by atoms with Crippen molar-refractivity contribution in [3.8, 4) is 0 Å². The van der Waals surface area contributed by atoms with Crippen LogP contribution in [-0.4, -0.2) is 35.8 Å². The maximum Gasteiger partial charge on any atom is 0.336 e. The summed E-state index contributed by atoms with van der Waals surface area (Å²) in [6, 6.07) is 7.74. The fourth-order valence-corrected chi connectivity index (χ4v) is 4.45. The number of carbonyl (C=O) groups excluding carboxylic acids is 2. The molecule has 0 fully saturated rings. The molecule has 1 aliphatic heterocycles. The normalized spacial score (nSPS) is 19.8. The molecular weight excluding hydrogens is 364 g/mol. The number of nitrogens with zero attached hydrogens (tertiary/aromatic N) is 2. The average Bonchev–Trinajstić information content (AvgIpc) is 3.05. The van der Waals surface area contributed by atoms with Gasteiger partial charge in [-0.3, -0.25) is 9.79 Å². The molecule has 142 valence electrons. The Balaban J connectivity index is 2.18. The molecule has 0 amide bonds. The molecule has 0 aliphatic carbocycles. The van der Waals surface area contributed by atoms with Gasteiger partial charge in [0.25, 0.3) is 0 Å². The summed E-state index contributed by atoms with van der Waals surface area (Å²) in [5.41, 5.74) is 2.37. The summed E-state index contributed by atoms with van der Waals surface area (Å²) in [7, 11) is 0. The topological polar surface area (TPSA) is 77.8 Å². The predicted molar refractivity (Wildman–Crippen MR) is 105 cm³/mol. The monoisotopic (exact) mass is 386 g/mol. The van der Waals surface area contributed by atoms with E-state index < -0.39 is 23.8 Å². The molecule has 3 rings (SSSR count). The van der Waals surface area contributed by atoms with Crippen molar-refractivity contribution in [3.63, 3.8) is 0 Å². The number of hydrogen-bond donors (Lipinski definition) is 0. The van der Waals surface area contributed by atoms with E-state index in [0.717, 1.165) is 10.2 Å². The molecule has 1 aliphatic rings. The minimum absolute atomic E-state index is 0.245. The molecule has 2 heterocycles. The largest absolute Gasteiger partial charge is 0.465 e. The SMILES string of the molecule is CCOC(=O)C1=C(C)N=C(C)[C@H](C(=O)OCC)[C@@H]1c1nc2ccccc2s1. The average molecular weight is 386 g/mol. The molecule has 0 radical (unpaired) electrons. The minimum Gasteiger partial charge on any atom is -0.465 e. The minimum atomic E-state index is -0.700. The smallest absolute Gasteiger partial charge is 0.336 e. The number of aliphatic imine (C=N–C) groups is 1. The first-order valence-corrected chi connectivity index (χ1v) is 9.74. The maximum absolute atomic E-state index is 12.7. The van der Waals surface area contributed by atoms with Gasteiger partial charge in [0.2, 0.25) is 0 Å². The van der Waals surface area contributed by atoms with Crippen LogP contribution in [0.15, 0.2) is 40.5 Å². The third kappa shape index (κ3) is 3.64. The van der Waals surface area contributed by atoms with Crippen molar-refractivity contribution in [2.45, 2.75) is 33.6 Å². The second kappa shape index (κ2) is 8.00. The Labute approximate surface area is 161 Å². The molecule has 0 bridgehead atoms. The lowest BCUT2D eigenvalue weighted by molar-refractivity contribution is -0.146. The van der Waals surface area contributed by atoms with Gasteiger partial charge >= 0.3 is 11.9 Å². The van der Waals surface area contributed by atoms with Crippen molar-refractivity contribution in [1.29, 1.82) is 0 Å². The quantitative estimate of drug-likeness (QED) is 0.729. The fraction of sp³-hybridized carbons (Fsp3) is 0.400. The van der Waals surface area contributed by atoms with Crippen LogP contribution in [-0.2, 0) is 19.1 Å². The lowest BCUT2D eigenvalue weighted by Crippen LogP contribution is -2.36. The van der Waals surface area contributed by atoms with E-state index >= 15 is 0 Å². The number of ether oxygens (including phenoxy) is 2. The first kappa shape index (κ1) is 19.2. The molecule has 7 heteroatoms. The third-order valence-corrected chi connectivity index (χ3v) is 5.56. The summed E-state index contributed by atoms with van der Waals surface area (Å²) >= 11 is 1.47. The van der Waals surface area contributed by atoms with Gasteiger partial charge < -0.3 is 9.47 Å². The van der Waals surface area contributed by atoms with Crippen LogP contribution in [0.3, 0.4) is 0 Å². The highest BCUT2D eigenvalue weighted by Crippen LogP contribution is 2.42. The number of benzene rings is 1. The van der Waals surface area contributed by atoms with Crippen LogP contribution >= 0.6 is 11.3 Å². The predicted octanol–water partition coefficient (Wildman–Crippen LogP) is 3.87. The summed E-state index contributed by atoms with van der Waals surface area (Å²) in [4.78, 5) is 34.6. The van der Waals surface area contributed by atoms with E-state index in [-0.39, 0.29) is 13.2 Å². The van der Waals surface area contributed by atoms with Gasteiger partial charge in [-0.15, -0.1) is 11.3 Å². The van der Waals surface area contributed by atoms with E-state index in [0.29, 0.717) is 22.0 Å².